The van der Waals surface area contributed by atoms with Crippen LogP contribution in [0.2, 0.25) is 0 Å². The maximum atomic E-state index is 12.8. The number of amides is 1. The van der Waals surface area contributed by atoms with Crippen molar-refractivity contribution in [1.29, 1.82) is 5.26 Å². The first-order valence-corrected chi connectivity index (χ1v) is 11.5. The number of nitrogens with zero attached hydrogens (tertiary/aromatic N) is 3. The average molecular weight is 525 g/mol. The second-order valence-corrected chi connectivity index (χ2v) is 8.32. The van der Waals surface area contributed by atoms with E-state index >= 15 is 0 Å². The third kappa shape index (κ3) is 5.35. The minimum atomic E-state index is -0.557. The molecule has 1 amide bonds. The summed E-state index contributed by atoms with van der Waals surface area (Å²) in [6.07, 6.45) is 2.40. The van der Waals surface area contributed by atoms with Gasteiger partial charge in [0.15, 0.2) is 0 Å². The molecule has 0 fully saturated rings. The number of aromatic nitrogens is 1. The molecule has 34 heavy (non-hydrogen) atoms. The first kappa shape index (κ1) is 25.1. The molecule has 2 aromatic carbocycles. The molecule has 0 saturated heterocycles. The Bertz CT molecular complexity index is 1340. The van der Waals surface area contributed by atoms with E-state index in [1.54, 1.807) is 13.1 Å². The smallest absolute Gasteiger partial charge is 0.269 e. The number of ether oxygens (including phenoxy) is 2. The van der Waals surface area contributed by atoms with Crippen molar-refractivity contribution in [3.05, 3.63) is 73.6 Å². The van der Waals surface area contributed by atoms with Crippen LogP contribution in [0.5, 0.6) is 5.75 Å². The van der Waals surface area contributed by atoms with Gasteiger partial charge in [0.1, 0.15) is 23.9 Å². The number of hydrogen-bond donors (Lipinski definition) is 1. The van der Waals surface area contributed by atoms with Gasteiger partial charge in [-0.2, -0.15) is 10.4 Å². The van der Waals surface area contributed by atoms with E-state index in [2.05, 4.69) is 26.5 Å². The summed E-state index contributed by atoms with van der Waals surface area (Å²) in [4.78, 5) is 25.4. The van der Waals surface area contributed by atoms with Crippen LogP contribution in [-0.4, -0.2) is 30.4 Å². The Morgan fingerprint density at radius 1 is 1.29 bits per heavy atom. The summed E-state index contributed by atoms with van der Waals surface area (Å²) in [5, 5.41) is 15.5. The van der Waals surface area contributed by atoms with Crippen LogP contribution in [0.1, 0.15) is 35.7 Å². The number of pyridine rings is 1. The molecule has 3 rings (SSSR count). The molecule has 0 bridgehead atoms. The minimum absolute atomic E-state index is 0.0657. The highest BCUT2D eigenvalue weighted by Gasteiger charge is 2.19. The van der Waals surface area contributed by atoms with E-state index in [1.807, 2.05) is 49.4 Å². The molecular weight excluding hydrogens is 500 g/mol. The summed E-state index contributed by atoms with van der Waals surface area (Å²) >= 11 is 3.42. The maximum absolute atomic E-state index is 12.8. The zero-order valence-corrected chi connectivity index (χ0v) is 20.8. The SMILES string of the molecule is CCCOc1ccc2ccccc2c1/C=N\NC(=O)Cn1c(C)c(Br)c(COC)c(C#N)c1=O. The number of fused-ring (bicyclic) bond motifs is 1. The quantitative estimate of drug-likeness (QED) is 0.336. The van der Waals surface area contributed by atoms with Crippen molar-refractivity contribution in [3.63, 3.8) is 0 Å². The molecule has 0 atom stereocenters. The highest BCUT2D eigenvalue weighted by molar-refractivity contribution is 9.10. The molecule has 0 spiro atoms. The van der Waals surface area contributed by atoms with Gasteiger partial charge in [-0.25, -0.2) is 5.43 Å². The van der Waals surface area contributed by atoms with E-state index < -0.39 is 11.5 Å². The molecule has 176 valence electrons. The van der Waals surface area contributed by atoms with Crippen molar-refractivity contribution in [1.82, 2.24) is 9.99 Å². The largest absolute Gasteiger partial charge is 0.493 e. The predicted octanol–water partition coefficient (Wildman–Crippen LogP) is 4.03. The topological polar surface area (TPSA) is 106 Å². The van der Waals surface area contributed by atoms with Gasteiger partial charge in [0.05, 0.1) is 19.4 Å². The number of nitriles is 1. The summed E-state index contributed by atoms with van der Waals surface area (Å²) in [5.41, 5.74) is 3.57. The number of rotatable bonds is 9. The molecule has 1 N–H and O–H groups in total. The van der Waals surface area contributed by atoms with E-state index in [1.165, 1.54) is 11.7 Å². The number of carbonyl (C=O) groups is 1. The van der Waals surface area contributed by atoms with Crippen molar-refractivity contribution in [2.75, 3.05) is 13.7 Å². The lowest BCUT2D eigenvalue weighted by Gasteiger charge is -2.15. The average Bonchev–Trinajstić information content (AvgIpc) is 2.84. The van der Waals surface area contributed by atoms with Crippen molar-refractivity contribution in [3.8, 4) is 11.8 Å². The number of hydrogen-bond acceptors (Lipinski definition) is 6. The molecule has 0 aliphatic rings. The van der Waals surface area contributed by atoms with Crippen LogP contribution in [0.3, 0.4) is 0 Å². The van der Waals surface area contributed by atoms with E-state index in [0.717, 1.165) is 22.8 Å². The fraction of sp³-hybridized carbons (Fsp3) is 0.280. The van der Waals surface area contributed by atoms with Gasteiger partial charge in [-0.3, -0.25) is 9.59 Å². The lowest BCUT2D eigenvalue weighted by Crippen LogP contribution is -2.33. The number of halogens is 1. The van der Waals surface area contributed by atoms with Gasteiger partial charge in [0, 0.05) is 28.4 Å². The van der Waals surface area contributed by atoms with E-state index in [9.17, 15) is 14.9 Å². The molecule has 1 heterocycles. The summed E-state index contributed by atoms with van der Waals surface area (Å²) in [6.45, 7) is 4.08. The zero-order valence-electron chi connectivity index (χ0n) is 19.2. The molecule has 1 aromatic heterocycles. The first-order chi connectivity index (χ1) is 16.4. The van der Waals surface area contributed by atoms with Crippen LogP contribution >= 0.6 is 15.9 Å². The van der Waals surface area contributed by atoms with Gasteiger partial charge in [0.2, 0.25) is 0 Å². The number of benzene rings is 2. The maximum Gasteiger partial charge on any atom is 0.269 e. The number of methoxy groups -OCH3 is 1. The molecule has 0 aliphatic heterocycles. The first-order valence-electron chi connectivity index (χ1n) is 10.7. The van der Waals surface area contributed by atoms with Gasteiger partial charge >= 0.3 is 0 Å². The van der Waals surface area contributed by atoms with Crippen molar-refractivity contribution in [2.45, 2.75) is 33.4 Å². The third-order valence-corrected chi connectivity index (χ3v) is 6.28. The molecule has 0 radical (unpaired) electrons. The highest BCUT2D eigenvalue weighted by Crippen LogP contribution is 2.27. The lowest BCUT2D eigenvalue weighted by molar-refractivity contribution is -0.121. The van der Waals surface area contributed by atoms with E-state index in [-0.39, 0.29) is 18.7 Å². The van der Waals surface area contributed by atoms with Crippen molar-refractivity contribution < 1.29 is 14.3 Å². The summed E-state index contributed by atoms with van der Waals surface area (Å²) in [7, 11) is 1.48. The summed E-state index contributed by atoms with van der Waals surface area (Å²) in [6, 6.07) is 13.6. The van der Waals surface area contributed by atoms with Crippen LogP contribution in [0, 0.1) is 18.3 Å². The van der Waals surface area contributed by atoms with Crippen molar-refractivity contribution >= 4 is 38.8 Å². The van der Waals surface area contributed by atoms with Crippen LogP contribution in [0.15, 0.2) is 50.8 Å². The Hall–Kier alpha value is -3.48. The van der Waals surface area contributed by atoms with Gasteiger partial charge in [-0.1, -0.05) is 37.3 Å². The van der Waals surface area contributed by atoms with Gasteiger partial charge in [0.25, 0.3) is 11.5 Å². The van der Waals surface area contributed by atoms with Gasteiger partial charge < -0.3 is 14.0 Å². The number of carbonyl (C=O) groups excluding carboxylic acids is 1. The predicted molar refractivity (Wildman–Crippen MR) is 134 cm³/mol. The Balaban J connectivity index is 1.86. The fourth-order valence-corrected chi connectivity index (χ4v) is 4.07. The molecule has 3 aromatic rings. The molecule has 0 unspecified atom stereocenters. The number of nitrogens with one attached hydrogen (secondary N) is 1. The highest BCUT2D eigenvalue weighted by atomic mass is 79.9. The van der Waals surface area contributed by atoms with Crippen LogP contribution in [-0.2, 0) is 22.7 Å². The van der Waals surface area contributed by atoms with Gasteiger partial charge in [-0.15, -0.1) is 0 Å². The zero-order chi connectivity index (χ0) is 24.7. The Morgan fingerprint density at radius 2 is 2.06 bits per heavy atom. The van der Waals surface area contributed by atoms with E-state index in [4.69, 9.17) is 9.47 Å². The minimum Gasteiger partial charge on any atom is -0.493 e. The Labute approximate surface area is 205 Å². The van der Waals surface area contributed by atoms with E-state index in [0.29, 0.717) is 28.1 Å². The summed E-state index contributed by atoms with van der Waals surface area (Å²) in [5.74, 6) is 0.162. The molecule has 0 aliphatic carbocycles. The molecular formula is C25H25BrN4O4. The second-order valence-electron chi connectivity index (χ2n) is 7.53. The number of hydrazone groups is 1. The monoisotopic (exact) mass is 524 g/mol. The fourth-order valence-electron chi connectivity index (χ4n) is 3.54. The lowest BCUT2D eigenvalue weighted by atomic mass is 10.0. The Kier molecular flexibility index (Phi) is 8.57. The van der Waals surface area contributed by atoms with Crippen molar-refractivity contribution in [2.24, 2.45) is 5.10 Å². The molecule has 0 saturated carbocycles. The molecule has 8 nitrogen and oxygen atoms in total. The van der Waals surface area contributed by atoms with Gasteiger partial charge in [-0.05, 0) is 46.1 Å². The Morgan fingerprint density at radius 3 is 2.76 bits per heavy atom. The van der Waals surface area contributed by atoms with Crippen LogP contribution in [0.4, 0.5) is 0 Å². The molecule has 9 heteroatoms. The summed E-state index contributed by atoms with van der Waals surface area (Å²) < 4.78 is 12.7. The second kappa shape index (κ2) is 11.6. The van der Waals surface area contributed by atoms with Crippen LogP contribution in [0.25, 0.3) is 10.8 Å². The standard InChI is InChI=1S/C25H25BrN4O4/c1-4-11-34-22-10-9-17-7-5-6-8-18(17)20(22)13-28-29-23(31)14-30-16(2)24(26)21(15-33-3)19(12-27)25(30)32/h5-10,13H,4,11,14-15H2,1-3H3,(H,29,31)/b28-13-. The third-order valence-electron chi connectivity index (χ3n) is 5.23. The van der Waals surface area contributed by atoms with Crippen LogP contribution < -0.4 is 15.7 Å². The normalized spacial score (nSPS) is 11.0.